The second kappa shape index (κ2) is 9.37. The second-order valence-electron chi connectivity index (χ2n) is 11.0. The molecule has 0 unspecified atom stereocenters. The average Bonchev–Trinajstić information content (AvgIpc) is 3.31. The number of hydrogen-bond acceptors (Lipinski definition) is 5. The van der Waals surface area contributed by atoms with Crippen LogP contribution in [0.2, 0.25) is 0 Å². The molecule has 2 amide bonds. The number of hydrogen-bond donors (Lipinski definition) is 3. The lowest BCUT2D eigenvalue weighted by atomic mass is 9.85. The maximum Gasteiger partial charge on any atom is 0.257 e. The van der Waals surface area contributed by atoms with Gasteiger partial charge in [-0.3, -0.25) is 14.3 Å². The third-order valence-corrected chi connectivity index (χ3v) is 7.26. The van der Waals surface area contributed by atoms with Gasteiger partial charge in [0.15, 0.2) is 5.82 Å². The number of nitrogens with one attached hydrogen (secondary N) is 2. The molecule has 3 heterocycles. The first-order chi connectivity index (χ1) is 18.3. The van der Waals surface area contributed by atoms with Gasteiger partial charge < -0.3 is 16.4 Å². The van der Waals surface area contributed by atoms with E-state index in [0.29, 0.717) is 24.6 Å². The van der Waals surface area contributed by atoms with Gasteiger partial charge in [0, 0.05) is 42.2 Å². The lowest BCUT2D eigenvalue weighted by Gasteiger charge is -2.21. The van der Waals surface area contributed by atoms with Gasteiger partial charge in [0.25, 0.3) is 11.8 Å². The second-order valence-corrected chi connectivity index (χ2v) is 11.0. The Hall–Kier alpha value is -4.47. The lowest BCUT2D eigenvalue weighted by molar-refractivity contribution is 0.0998. The van der Waals surface area contributed by atoms with Gasteiger partial charge in [-0.2, -0.15) is 10.2 Å². The fourth-order valence-corrected chi connectivity index (χ4v) is 4.83. The Labute approximate surface area is 226 Å². The lowest BCUT2D eigenvalue weighted by Crippen LogP contribution is -2.16. The van der Waals surface area contributed by atoms with Gasteiger partial charge in [-0.15, -0.1) is 0 Å². The standard InChI is InChI=1S/C29H32FN7O2/c1-15-13-22(34-36(15)6)33-28(39)19-8-9-20(24(30)16(19)2)25-23(26(31)38)27-32-21-10-7-18(29(3,4)5)14-17(21)11-12-37(27)35-25/h7-10,13-14,32H,11-12H2,1-6H3,(H2,31,38)(H,33,34,39). The summed E-state index contributed by atoms with van der Waals surface area (Å²) in [6.07, 6.45) is 0.673. The number of carbonyl (C=O) groups excluding carboxylic acids is 2. The Morgan fingerprint density at radius 2 is 1.85 bits per heavy atom. The molecule has 0 saturated heterocycles. The maximum atomic E-state index is 15.8. The van der Waals surface area contributed by atoms with Crippen LogP contribution in [0, 0.1) is 19.7 Å². The fraction of sp³-hybridized carbons (Fsp3) is 0.310. The van der Waals surface area contributed by atoms with Crippen molar-refractivity contribution >= 4 is 29.1 Å². The van der Waals surface area contributed by atoms with E-state index in [-0.39, 0.29) is 33.4 Å². The number of primary amides is 1. The minimum absolute atomic E-state index is 0.00449. The van der Waals surface area contributed by atoms with Crippen LogP contribution in [0.25, 0.3) is 11.3 Å². The first kappa shape index (κ1) is 26.1. The van der Waals surface area contributed by atoms with Gasteiger partial charge in [0.1, 0.15) is 22.9 Å². The van der Waals surface area contributed by atoms with Crippen molar-refractivity contribution < 1.29 is 14.0 Å². The van der Waals surface area contributed by atoms with Crippen molar-refractivity contribution in [3.05, 3.63) is 75.7 Å². The topological polar surface area (TPSA) is 120 Å². The number of rotatable bonds is 4. The summed E-state index contributed by atoms with van der Waals surface area (Å²) in [7, 11) is 1.77. The van der Waals surface area contributed by atoms with Gasteiger partial charge in [-0.25, -0.2) is 9.07 Å². The van der Waals surface area contributed by atoms with Crippen molar-refractivity contribution in [2.24, 2.45) is 12.8 Å². The molecule has 0 atom stereocenters. The fourth-order valence-electron chi connectivity index (χ4n) is 4.83. The van der Waals surface area contributed by atoms with Crippen LogP contribution >= 0.6 is 0 Å². The minimum atomic E-state index is -0.724. The Morgan fingerprint density at radius 1 is 1.10 bits per heavy atom. The normalized spacial score (nSPS) is 12.8. The van der Waals surface area contributed by atoms with Gasteiger partial charge in [-0.05, 0) is 60.6 Å². The zero-order valence-electron chi connectivity index (χ0n) is 22.9. The number of anilines is 3. The average molecular weight is 530 g/mol. The number of nitrogens with zero attached hydrogens (tertiary/aromatic N) is 4. The monoisotopic (exact) mass is 529 g/mol. The number of aromatic nitrogens is 4. The van der Waals surface area contributed by atoms with E-state index in [4.69, 9.17) is 5.73 Å². The molecular formula is C29H32FN7O2. The highest BCUT2D eigenvalue weighted by Crippen LogP contribution is 2.37. The summed E-state index contributed by atoms with van der Waals surface area (Å²) in [6, 6.07) is 10.9. The number of amides is 2. The molecule has 4 aromatic rings. The first-order valence-corrected chi connectivity index (χ1v) is 12.8. The highest BCUT2D eigenvalue weighted by atomic mass is 19.1. The maximum absolute atomic E-state index is 15.8. The molecule has 10 heteroatoms. The predicted octanol–water partition coefficient (Wildman–Crippen LogP) is 4.99. The molecule has 39 heavy (non-hydrogen) atoms. The van der Waals surface area contributed by atoms with E-state index >= 15 is 4.39 Å². The predicted molar refractivity (Wildman–Crippen MR) is 149 cm³/mol. The molecule has 1 aliphatic heterocycles. The summed E-state index contributed by atoms with van der Waals surface area (Å²) in [5, 5.41) is 14.9. The molecular weight excluding hydrogens is 497 g/mol. The van der Waals surface area contributed by atoms with Crippen molar-refractivity contribution in [3.8, 4) is 11.3 Å². The molecule has 0 bridgehead atoms. The molecule has 9 nitrogen and oxygen atoms in total. The van der Waals surface area contributed by atoms with Crippen LogP contribution < -0.4 is 16.4 Å². The first-order valence-electron chi connectivity index (χ1n) is 12.8. The van der Waals surface area contributed by atoms with Gasteiger partial charge in [0.2, 0.25) is 0 Å². The zero-order chi connectivity index (χ0) is 28.2. The Bertz CT molecular complexity index is 1620. The third kappa shape index (κ3) is 4.67. The summed E-state index contributed by atoms with van der Waals surface area (Å²) >= 11 is 0. The molecule has 0 spiro atoms. The van der Waals surface area contributed by atoms with E-state index < -0.39 is 17.6 Å². The Morgan fingerprint density at radius 3 is 2.49 bits per heavy atom. The zero-order valence-corrected chi connectivity index (χ0v) is 22.9. The smallest absolute Gasteiger partial charge is 0.257 e. The van der Waals surface area contributed by atoms with Crippen LogP contribution in [0.3, 0.4) is 0 Å². The number of fused-ring (bicyclic) bond motifs is 2. The summed E-state index contributed by atoms with van der Waals surface area (Å²) in [5.74, 6) is -1.06. The molecule has 4 N–H and O–H groups in total. The van der Waals surface area contributed by atoms with Crippen molar-refractivity contribution in [1.82, 2.24) is 19.6 Å². The number of carbonyl (C=O) groups is 2. The van der Waals surface area contributed by atoms with Crippen LogP contribution in [0.4, 0.5) is 21.7 Å². The van der Waals surface area contributed by atoms with Crippen molar-refractivity contribution in [2.75, 3.05) is 10.6 Å². The van der Waals surface area contributed by atoms with E-state index in [9.17, 15) is 9.59 Å². The van der Waals surface area contributed by atoms with Crippen LogP contribution in [0.15, 0.2) is 36.4 Å². The third-order valence-electron chi connectivity index (χ3n) is 7.26. The van der Waals surface area contributed by atoms with Crippen molar-refractivity contribution in [1.29, 1.82) is 0 Å². The van der Waals surface area contributed by atoms with Crippen LogP contribution in [0.1, 0.15) is 63.9 Å². The van der Waals surface area contributed by atoms with Crippen molar-refractivity contribution in [2.45, 2.75) is 53.0 Å². The molecule has 0 radical (unpaired) electrons. The summed E-state index contributed by atoms with van der Waals surface area (Å²) in [6.45, 7) is 10.3. The number of aryl methyl sites for hydroxylation is 4. The molecule has 0 saturated carbocycles. The SMILES string of the molecule is Cc1c(C(=O)Nc2cc(C)n(C)n2)ccc(-c2nn3c(c2C(N)=O)Nc2ccc(C(C)(C)C)cc2CC3)c1F. The number of halogens is 1. The van der Waals surface area contributed by atoms with Gasteiger partial charge >= 0.3 is 0 Å². The summed E-state index contributed by atoms with van der Waals surface area (Å²) < 4.78 is 19.1. The summed E-state index contributed by atoms with van der Waals surface area (Å²) in [5.41, 5.74) is 10.4. The van der Waals surface area contributed by atoms with E-state index in [1.165, 1.54) is 24.6 Å². The Balaban J connectivity index is 1.52. The minimum Gasteiger partial charge on any atom is -0.365 e. The quantitative estimate of drug-likeness (QED) is 0.344. The summed E-state index contributed by atoms with van der Waals surface area (Å²) in [4.78, 5) is 25.6. The molecule has 0 fully saturated rings. The number of nitrogens with two attached hydrogens (primary N) is 1. The van der Waals surface area contributed by atoms with Crippen molar-refractivity contribution in [3.63, 3.8) is 0 Å². The van der Waals surface area contributed by atoms with Crippen LogP contribution in [-0.2, 0) is 25.4 Å². The van der Waals surface area contributed by atoms with E-state index in [1.54, 1.807) is 22.5 Å². The van der Waals surface area contributed by atoms with E-state index in [2.05, 4.69) is 53.7 Å². The molecule has 1 aliphatic rings. The molecule has 5 rings (SSSR count). The van der Waals surface area contributed by atoms with Crippen LogP contribution in [0.5, 0.6) is 0 Å². The molecule has 0 aliphatic carbocycles. The molecule has 2 aromatic heterocycles. The van der Waals surface area contributed by atoms with Gasteiger partial charge in [0.05, 0.1) is 0 Å². The molecule has 202 valence electrons. The Kier molecular flexibility index (Phi) is 6.28. The van der Waals surface area contributed by atoms with E-state index in [1.807, 2.05) is 13.0 Å². The van der Waals surface area contributed by atoms with Crippen LogP contribution in [-0.4, -0.2) is 31.4 Å². The van der Waals surface area contributed by atoms with Gasteiger partial charge in [-0.1, -0.05) is 32.9 Å². The highest BCUT2D eigenvalue weighted by molar-refractivity contribution is 6.07. The number of benzene rings is 2. The largest absolute Gasteiger partial charge is 0.365 e. The highest BCUT2D eigenvalue weighted by Gasteiger charge is 2.29. The van der Waals surface area contributed by atoms with E-state index in [0.717, 1.165) is 16.9 Å². The molecule has 2 aromatic carbocycles.